The molecule has 1 saturated heterocycles. The van der Waals surface area contributed by atoms with E-state index in [1.165, 1.54) is 11.3 Å². The SMILES string of the molecule is CCOC(=O)CC1C(=O)NCCN1C(=S)NC(=O)c1cccs1. The van der Waals surface area contributed by atoms with E-state index in [0.29, 0.717) is 18.0 Å². The van der Waals surface area contributed by atoms with E-state index in [2.05, 4.69) is 10.6 Å². The van der Waals surface area contributed by atoms with Crippen molar-refractivity contribution in [3.63, 3.8) is 0 Å². The van der Waals surface area contributed by atoms with Gasteiger partial charge in [-0.15, -0.1) is 11.3 Å². The normalized spacial score (nSPS) is 17.3. The molecule has 0 aromatic carbocycles. The van der Waals surface area contributed by atoms with Crippen LogP contribution in [0.1, 0.15) is 23.0 Å². The predicted molar refractivity (Wildman–Crippen MR) is 89.1 cm³/mol. The van der Waals surface area contributed by atoms with Crippen LogP contribution in [-0.2, 0) is 14.3 Å². The molecule has 2 rings (SSSR count). The van der Waals surface area contributed by atoms with Crippen molar-refractivity contribution in [2.75, 3.05) is 19.7 Å². The zero-order valence-corrected chi connectivity index (χ0v) is 14.2. The summed E-state index contributed by atoms with van der Waals surface area (Å²) in [6.07, 6.45) is -0.116. The van der Waals surface area contributed by atoms with E-state index in [1.54, 1.807) is 29.3 Å². The molecule has 1 atom stereocenters. The Bertz CT molecular complexity index is 603. The minimum atomic E-state index is -0.779. The molecule has 124 valence electrons. The van der Waals surface area contributed by atoms with Crippen molar-refractivity contribution in [1.29, 1.82) is 0 Å². The molecule has 0 spiro atoms. The molecule has 1 fully saturated rings. The van der Waals surface area contributed by atoms with Gasteiger partial charge in [-0.3, -0.25) is 19.7 Å². The number of nitrogens with one attached hydrogen (secondary N) is 2. The molecular formula is C14H17N3O4S2. The van der Waals surface area contributed by atoms with E-state index in [0.717, 1.165) is 0 Å². The van der Waals surface area contributed by atoms with Crippen molar-refractivity contribution >= 4 is 46.5 Å². The standard InChI is InChI=1S/C14H17N3O4S2/c1-2-21-11(18)8-9-12(19)15-5-6-17(9)14(22)16-13(20)10-4-3-7-23-10/h3-4,7,9H,2,5-6,8H2,1H3,(H,15,19)(H,16,20,22). The highest BCUT2D eigenvalue weighted by Gasteiger charge is 2.34. The van der Waals surface area contributed by atoms with Gasteiger partial charge >= 0.3 is 5.97 Å². The number of amides is 2. The number of thiophene rings is 1. The van der Waals surface area contributed by atoms with Crippen molar-refractivity contribution in [1.82, 2.24) is 15.5 Å². The van der Waals surface area contributed by atoms with Crippen LogP contribution >= 0.6 is 23.6 Å². The van der Waals surface area contributed by atoms with E-state index in [-0.39, 0.29) is 30.0 Å². The second-order valence-corrected chi connectivity index (χ2v) is 6.08. The van der Waals surface area contributed by atoms with Gasteiger partial charge in [0.25, 0.3) is 5.91 Å². The minimum Gasteiger partial charge on any atom is -0.466 e. The number of hydrogen-bond donors (Lipinski definition) is 2. The van der Waals surface area contributed by atoms with E-state index < -0.39 is 12.0 Å². The van der Waals surface area contributed by atoms with Crippen molar-refractivity contribution in [3.05, 3.63) is 22.4 Å². The Morgan fingerprint density at radius 3 is 3.00 bits per heavy atom. The lowest BCUT2D eigenvalue weighted by atomic mass is 10.1. The Balaban J connectivity index is 2.04. The first-order chi connectivity index (χ1) is 11.0. The number of esters is 1. The summed E-state index contributed by atoms with van der Waals surface area (Å²) >= 11 is 6.53. The van der Waals surface area contributed by atoms with Crippen LogP contribution in [0.2, 0.25) is 0 Å². The molecule has 1 unspecified atom stereocenters. The van der Waals surface area contributed by atoms with Crippen LogP contribution in [0.4, 0.5) is 0 Å². The topological polar surface area (TPSA) is 87.7 Å². The Hall–Kier alpha value is -2.00. The lowest BCUT2D eigenvalue weighted by Gasteiger charge is -2.36. The van der Waals surface area contributed by atoms with Gasteiger partial charge in [0.2, 0.25) is 5.91 Å². The zero-order chi connectivity index (χ0) is 16.8. The lowest BCUT2D eigenvalue weighted by Crippen LogP contribution is -2.60. The van der Waals surface area contributed by atoms with Crippen LogP contribution in [0.3, 0.4) is 0 Å². The second kappa shape index (κ2) is 8.02. The van der Waals surface area contributed by atoms with Crippen LogP contribution in [0.15, 0.2) is 17.5 Å². The molecule has 0 bridgehead atoms. The Morgan fingerprint density at radius 2 is 2.35 bits per heavy atom. The summed E-state index contributed by atoms with van der Waals surface area (Å²) in [5, 5.41) is 7.21. The van der Waals surface area contributed by atoms with Gasteiger partial charge in [0, 0.05) is 13.1 Å². The number of nitrogens with zero attached hydrogens (tertiary/aromatic N) is 1. The highest BCUT2D eigenvalue weighted by Crippen LogP contribution is 2.12. The maximum Gasteiger partial charge on any atom is 0.308 e. The number of piperazine rings is 1. The summed E-state index contributed by atoms with van der Waals surface area (Å²) in [5.41, 5.74) is 0. The predicted octanol–water partition coefficient (Wildman–Crippen LogP) is 0.516. The van der Waals surface area contributed by atoms with Gasteiger partial charge in [-0.1, -0.05) is 6.07 Å². The first kappa shape index (κ1) is 17.4. The lowest BCUT2D eigenvalue weighted by molar-refractivity contribution is -0.147. The quantitative estimate of drug-likeness (QED) is 0.605. The molecule has 1 aliphatic heterocycles. The van der Waals surface area contributed by atoms with Crippen molar-refractivity contribution < 1.29 is 19.1 Å². The fourth-order valence-electron chi connectivity index (χ4n) is 2.18. The minimum absolute atomic E-state index is 0.116. The summed E-state index contributed by atoms with van der Waals surface area (Å²) in [7, 11) is 0. The molecule has 1 aromatic rings. The van der Waals surface area contributed by atoms with Gasteiger partial charge in [-0.2, -0.15) is 0 Å². The maximum absolute atomic E-state index is 12.1. The molecule has 0 aliphatic carbocycles. The van der Waals surface area contributed by atoms with E-state index in [4.69, 9.17) is 17.0 Å². The summed E-state index contributed by atoms with van der Waals surface area (Å²) in [6, 6.07) is 2.67. The maximum atomic E-state index is 12.1. The molecule has 1 aromatic heterocycles. The fourth-order valence-corrected chi connectivity index (χ4v) is 3.11. The van der Waals surface area contributed by atoms with Gasteiger partial charge in [-0.05, 0) is 30.6 Å². The number of hydrogen-bond acceptors (Lipinski definition) is 6. The molecule has 7 nitrogen and oxygen atoms in total. The van der Waals surface area contributed by atoms with Crippen molar-refractivity contribution in [3.8, 4) is 0 Å². The number of rotatable bonds is 4. The summed E-state index contributed by atoms with van der Waals surface area (Å²) in [5.74, 6) is -1.12. The number of thiocarbonyl (C=S) groups is 1. The Labute approximate surface area is 143 Å². The van der Waals surface area contributed by atoms with Crippen LogP contribution in [-0.4, -0.2) is 53.5 Å². The number of carbonyl (C=O) groups excluding carboxylic acids is 3. The van der Waals surface area contributed by atoms with Crippen LogP contribution in [0, 0.1) is 0 Å². The van der Waals surface area contributed by atoms with E-state index in [1.807, 2.05) is 0 Å². The monoisotopic (exact) mass is 355 g/mol. The third-order valence-electron chi connectivity index (χ3n) is 3.22. The van der Waals surface area contributed by atoms with Gasteiger partial charge < -0.3 is 15.0 Å². The van der Waals surface area contributed by atoms with E-state index in [9.17, 15) is 14.4 Å². The molecule has 9 heteroatoms. The molecule has 0 saturated carbocycles. The first-order valence-electron chi connectivity index (χ1n) is 7.11. The molecular weight excluding hydrogens is 338 g/mol. The average molecular weight is 355 g/mol. The smallest absolute Gasteiger partial charge is 0.308 e. The number of ether oxygens (including phenoxy) is 1. The first-order valence-corrected chi connectivity index (χ1v) is 8.40. The molecule has 2 amide bonds. The van der Waals surface area contributed by atoms with Gasteiger partial charge in [-0.25, -0.2) is 0 Å². The van der Waals surface area contributed by atoms with Crippen LogP contribution in [0.25, 0.3) is 0 Å². The molecule has 1 aliphatic rings. The van der Waals surface area contributed by atoms with Gasteiger partial charge in [0.05, 0.1) is 17.9 Å². The molecule has 23 heavy (non-hydrogen) atoms. The number of carbonyl (C=O) groups is 3. The zero-order valence-electron chi connectivity index (χ0n) is 12.5. The molecule has 0 radical (unpaired) electrons. The third-order valence-corrected chi connectivity index (χ3v) is 4.43. The van der Waals surface area contributed by atoms with Gasteiger partial charge in [0.1, 0.15) is 6.04 Å². The highest BCUT2D eigenvalue weighted by atomic mass is 32.1. The second-order valence-electron chi connectivity index (χ2n) is 4.75. The summed E-state index contributed by atoms with van der Waals surface area (Å²) < 4.78 is 4.89. The highest BCUT2D eigenvalue weighted by molar-refractivity contribution is 7.80. The van der Waals surface area contributed by atoms with Crippen LogP contribution < -0.4 is 10.6 Å². The fraction of sp³-hybridized carbons (Fsp3) is 0.429. The van der Waals surface area contributed by atoms with Gasteiger partial charge in [0.15, 0.2) is 5.11 Å². The van der Waals surface area contributed by atoms with Crippen LogP contribution in [0.5, 0.6) is 0 Å². The summed E-state index contributed by atoms with van der Waals surface area (Å²) in [4.78, 5) is 37.8. The molecule has 2 heterocycles. The van der Waals surface area contributed by atoms with E-state index >= 15 is 0 Å². The largest absolute Gasteiger partial charge is 0.466 e. The van der Waals surface area contributed by atoms with Crippen molar-refractivity contribution in [2.45, 2.75) is 19.4 Å². The Kier molecular flexibility index (Phi) is 6.05. The average Bonchev–Trinajstić information content (AvgIpc) is 3.04. The Morgan fingerprint density at radius 1 is 1.57 bits per heavy atom. The van der Waals surface area contributed by atoms with Crippen molar-refractivity contribution in [2.24, 2.45) is 0 Å². The summed E-state index contributed by atoms with van der Waals surface area (Å²) in [6.45, 7) is 2.75. The third kappa shape index (κ3) is 4.49. The molecule has 2 N–H and O–H groups in total.